The minimum absolute atomic E-state index is 0.0141. The Labute approximate surface area is 117 Å². The van der Waals surface area contributed by atoms with Crippen molar-refractivity contribution >= 4 is 23.2 Å². The van der Waals surface area contributed by atoms with E-state index in [0.717, 1.165) is 0 Å². The zero-order chi connectivity index (χ0) is 15.1. The van der Waals surface area contributed by atoms with E-state index >= 15 is 0 Å². The maximum Gasteiger partial charge on any atom is 0.438 e. The van der Waals surface area contributed by atoms with Crippen LogP contribution in [0.3, 0.4) is 0 Å². The monoisotopic (exact) mass is 306 g/mol. The first-order valence-electron chi connectivity index (χ1n) is 5.58. The lowest BCUT2D eigenvalue weighted by atomic mass is 10.1. The van der Waals surface area contributed by atoms with Crippen LogP contribution in [0.25, 0.3) is 0 Å². The van der Waals surface area contributed by atoms with Crippen molar-refractivity contribution in [1.82, 2.24) is 5.01 Å². The highest BCUT2D eigenvalue weighted by Gasteiger charge is 2.62. The number of carbonyl (C=O) groups is 1. The van der Waals surface area contributed by atoms with Crippen molar-refractivity contribution in [1.29, 1.82) is 0 Å². The third kappa shape index (κ3) is 2.38. The Bertz CT molecular complexity index is 588. The predicted molar refractivity (Wildman–Crippen MR) is 66.4 cm³/mol. The molecule has 2 rings (SSSR count). The van der Waals surface area contributed by atoms with E-state index in [-0.39, 0.29) is 21.3 Å². The Balaban J connectivity index is 2.42. The summed E-state index contributed by atoms with van der Waals surface area (Å²) in [7, 11) is 0. The Kier molecular flexibility index (Phi) is 3.51. The van der Waals surface area contributed by atoms with Crippen molar-refractivity contribution in [2.24, 2.45) is 5.10 Å². The van der Waals surface area contributed by atoms with Crippen molar-refractivity contribution < 1.29 is 23.1 Å². The molecule has 1 aromatic rings. The van der Waals surface area contributed by atoms with Gasteiger partial charge in [-0.15, -0.1) is 0 Å². The second-order valence-corrected chi connectivity index (χ2v) is 4.89. The zero-order valence-electron chi connectivity index (χ0n) is 10.3. The normalized spacial score (nSPS) is 22.9. The van der Waals surface area contributed by atoms with E-state index in [1.807, 2.05) is 0 Å². The molecule has 0 aliphatic carbocycles. The molecule has 1 N–H and O–H groups in total. The molecular weight excluding hydrogens is 297 g/mol. The summed E-state index contributed by atoms with van der Waals surface area (Å²) in [5.74, 6) is -1.07. The van der Waals surface area contributed by atoms with E-state index < -0.39 is 24.2 Å². The first-order valence-corrected chi connectivity index (χ1v) is 5.96. The van der Waals surface area contributed by atoms with Crippen LogP contribution in [0.15, 0.2) is 29.4 Å². The molecule has 1 aromatic carbocycles. The number of alkyl halides is 3. The van der Waals surface area contributed by atoms with Crippen molar-refractivity contribution in [3.8, 4) is 0 Å². The SMILES string of the molecule is CC1=NN(C(=O)c2cccc(Cl)c2)[C@@](O)(C(F)(F)F)C1. The number of hydrogen-bond acceptors (Lipinski definition) is 3. The van der Waals surface area contributed by atoms with Crippen LogP contribution in [0, 0.1) is 0 Å². The topological polar surface area (TPSA) is 52.9 Å². The van der Waals surface area contributed by atoms with Crippen LogP contribution in [0.2, 0.25) is 5.02 Å². The molecule has 0 radical (unpaired) electrons. The van der Waals surface area contributed by atoms with Gasteiger partial charge in [0.2, 0.25) is 0 Å². The van der Waals surface area contributed by atoms with E-state index in [2.05, 4.69) is 5.10 Å². The van der Waals surface area contributed by atoms with E-state index in [1.165, 1.54) is 31.2 Å². The lowest BCUT2D eigenvalue weighted by Crippen LogP contribution is -2.56. The highest BCUT2D eigenvalue weighted by atomic mass is 35.5. The van der Waals surface area contributed by atoms with Gasteiger partial charge in [0.05, 0.1) is 0 Å². The number of rotatable bonds is 1. The fraction of sp³-hybridized carbons (Fsp3) is 0.333. The summed E-state index contributed by atoms with van der Waals surface area (Å²) in [5.41, 5.74) is -3.39. The average Bonchev–Trinajstić information content (AvgIpc) is 2.64. The predicted octanol–water partition coefficient (Wildman–Crippen LogP) is 2.81. The van der Waals surface area contributed by atoms with E-state index in [9.17, 15) is 23.1 Å². The summed E-state index contributed by atoms with van der Waals surface area (Å²) in [6.07, 6.45) is -5.79. The molecule has 0 fully saturated rings. The Morgan fingerprint density at radius 3 is 2.70 bits per heavy atom. The van der Waals surface area contributed by atoms with Crippen LogP contribution in [0.1, 0.15) is 23.7 Å². The molecule has 4 nitrogen and oxygen atoms in total. The third-order valence-corrected chi connectivity index (χ3v) is 3.08. The van der Waals surface area contributed by atoms with Gasteiger partial charge in [0.1, 0.15) is 0 Å². The molecule has 1 aliphatic rings. The fourth-order valence-corrected chi connectivity index (χ4v) is 2.09. The highest BCUT2D eigenvalue weighted by Crippen LogP contribution is 2.40. The van der Waals surface area contributed by atoms with Gasteiger partial charge in [0.15, 0.2) is 0 Å². The van der Waals surface area contributed by atoms with Gasteiger partial charge in [-0.3, -0.25) is 4.79 Å². The number of amides is 1. The molecule has 0 aromatic heterocycles. The Morgan fingerprint density at radius 1 is 1.50 bits per heavy atom. The highest BCUT2D eigenvalue weighted by molar-refractivity contribution is 6.31. The van der Waals surface area contributed by atoms with Gasteiger partial charge in [0.25, 0.3) is 11.6 Å². The number of benzene rings is 1. The standard InChI is InChI=1S/C12H10ClF3N2O2/c1-7-6-11(20,12(14,15)16)18(17-7)10(19)8-3-2-4-9(13)5-8/h2-5,20H,6H2,1H3/t11-/m0/s1. The summed E-state index contributed by atoms with van der Waals surface area (Å²) in [6, 6.07) is 5.42. The van der Waals surface area contributed by atoms with Gasteiger partial charge in [-0.2, -0.15) is 23.3 Å². The molecule has 1 atom stereocenters. The van der Waals surface area contributed by atoms with Gasteiger partial charge in [-0.25, -0.2) is 0 Å². The molecule has 1 heterocycles. The number of hydrazone groups is 1. The van der Waals surface area contributed by atoms with E-state index in [1.54, 1.807) is 0 Å². The molecule has 0 bridgehead atoms. The van der Waals surface area contributed by atoms with E-state index in [0.29, 0.717) is 0 Å². The van der Waals surface area contributed by atoms with Gasteiger partial charge in [0, 0.05) is 22.7 Å². The molecule has 1 amide bonds. The van der Waals surface area contributed by atoms with Crippen molar-refractivity contribution in [2.75, 3.05) is 0 Å². The maximum absolute atomic E-state index is 13.0. The van der Waals surface area contributed by atoms with Gasteiger partial charge in [-0.1, -0.05) is 17.7 Å². The lowest BCUT2D eigenvalue weighted by molar-refractivity contribution is -0.297. The quantitative estimate of drug-likeness (QED) is 0.867. The smallest absolute Gasteiger partial charge is 0.362 e. The number of halogens is 4. The van der Waals surface area contributed by atoms with Crippen LogP contribution in [-0.4, -0.2) is 33.6 Å². The van der Waals surface area contributed by atoms with Crippen molar-refractivity contribution in [3.63, 3.8) is 0 Å². The molecule has 0 saturated carbocycles. The molecule has 0 unspecified atom stereocenters. The average molecular weight is 307 g/mol. The van der Waals surface area contributed by atoms with Crippen LogP contribution in [0.5, 0.6) is 0 Å². The molecule has 0 spiro atoms. The third-order valence-electron chi connectivity index (χ3n) is 2.84. The second-order valence-electron chi connectivity index (χ2n) is 4.45. The Hall–Kier alpha value is -1.60. The second kappa shape index (κ2) is 4.75. The summed E-state index contributed by atoms with van der Waals surface area (Å²) in [5, 5.41) is 13.6. The van der Waals surface area contributed by atoms with Crippen LogP contribution >= 0.6 is 11.6 Å². The molecule has 8 heteroatoms. The van der Waals surface area contributed by atoms with E-state index in [4.69, 9.17) is 11.6 Å². The Morgan fingerprint density at radius 2 is 2.15 bits per heavy atom. The van der Waals surface area contributed by atoms with Gasteiger partial charge in [-0.05, 0) is 25.1 Å². The molecule has 20 heavy (non-hydrogen) atoms. The zero-order valence-corrected chi connectivity index (χ0v) is 11.0. The summed E-state index contributed by atoms with van der Waals surface area (Å²) in [6.45, 7) is 1.31. The van der Waals surface area contributed by atoms with Crippen LogP contribution < -0.4 is 0 Å². The fourth-order valence-electron chi connectivity index (χ4n) is 1.90. The maximum atomic E-state index is 13.0. The number of nitrogens with zero attached hydrogens (tertiary/aromatic N) is 2. The summed E-state index contributed by atoms with van der Waals surface area (Å²) >= 11 is 5.69. The number of hydrogen-bond donors (Lipinski definition) is 1. The van der Waals surface area contributed by atoms with Crippen molar-refractivity contribution in [2.45, 2.75) is 25.2 Å². The first kappa shape index (κ1) is 14.8. The van der Waals surface area contributed by atoms with Crippen molar-refractivity contribution in [3.05, 3.63) is 34.9 Å². The molecule has 0 saturated heterocycles. The van der Waals surface area contributed by atoms with Gasteiger partial charge >= 0.3 is 6.18 Å². The first-order chi connectivity index (χ1) is 9.15. The van der Waals surface area contributed by atoms with Crippen LogP contribution in [-0.2, 0) is 0 Å². The summed E-state index contributed by atoms with van der Waals surface area (Å²) in [4.78, 5) is 12.1. The van der Waals surface area contributed by atoms with Gasteiger partial charge < -0.3 is 5.11 Å². The summed E-state index contributed by atoms with van der Waals surface area (Å²) < 4.78 is 38.9. The lowest BCUT2D eigenvalue weighted by Gasteiger charge is -2.32. The molecule has 108 valence electrons. The minimum atomic E-state index is -5.01. The number of carbonyl (C=O) groups excluding carboxylic acids is 1. The van der Waals surface area contributed by atoms with Crippen LogP contribution in [0.4, 0.5) is 13.2 Å². The largest absolute Gasteiger partial charge is 0.438 e. The molecule has 1 aliphatic heterocycles. The minimum Gasteiger partial charge on any atom is -0.362 e. The number of aliphatic hydroxyl groups is 1. The molecular formula is C12H10ClF3N2O2.